The van der Waals surface area contributed by atoms with Crippen molar-refractivity contribution in [1.82, 2.24) is 15.2 Å². The van der Waals surface area contributed by atoms with Crippen LogP contribution in [0.1, 0.15) is 0 Å². The van der Waals surface area contributed by atoms with Gasteiger partial charge in [-0.05, 0) is 24.3 Å². The van der Waals surface area contributed by atoms with Gasteiger partial charge in [-0.15, -0.1) is 5.10 Å². The lowest BCUT2D eigenvalue weighted by Crippen LogP contribution is -2.20. The molecule has 0 atom stereocenters. The molecular formula is C19H20N4O4. The Balaban J connectivity index is 1.43. The van der Waals surface area contributed by atoms with Gasteiger partial charge in [-0.1, -0.05) is 30.3 Å². The predicted molar refractivity (Wildman–Crippen MR) is 99.8 cm³/mol. The standard InChI is InChI=1S/C19H20N4O4/c1-25-16-10-6-5-9-15(16)18-21-19(23-22-18)20-17(24)13-26-11-12-27-14-7-3-2-4-8-14/h2-10H,11-13H2,1H3,(H2,20,21,22,23,24). The van der Waals surface area contributed by atoms with Gasteiger partial charge in [-0.3, -0.25) is 15.2 Å². The number of hydrogen-bond donors (Lipinski definition) is 2. The van der Waals surface area contributed by atoms with E-state index in [9.17, 15) is 4.79 Å². The Morgan fingerprint density at radius 2 is 1.85 bits per heavy atom. The number of aromatic nitrogens is 3. The summed E-state index contributed by atoms with van der Waals surface area (Å²) in [5, 5.41) is 9.35. The first kappa shape index (κ1) is 18.4. The number of para-hydroxylation sites is 2. The third kappa shape index (κ3) is 5.29. The minimum Gasteiger partial charge on any atom is -0.496 e. The van der Waals surface area contributed by atoms with Crippen molar-refractivity contribution in [3.63, 3.8) is 0 Å². The van der Waals surface area contributed by atoms with Crippen LogP contribution in [-0.2, 0) is 9.53 Å². The number of rotatable bonds is 9. The Morgan fingerprint density at radius 3 is 2.67 bits per heavy atom. The summed E-state index contributed by atoms with van der Waals surface area (Å²) in [6.07, 6.45) is 0. The summed E-state index contributed by atoms with van der Waals surface area (Å²) in [6.45, 7) is 0.537. The van der Waals surface area contributed by atoms with Gasteiger partial charge in [0.1, 0.15) is 24.7 Å². The normalized spacial score (nSPS) is 10.4. The van der Waals surface area contributed by atoms with E-state index in [1.54, 1.807) is 7.11 Å². The van der Waals surface area contributed by atoms with Gasteiger partial charge in [0.15, 0.2) is 5.82 Å². The molecule has 0 aliphatic carbocycles. The molecule has 3 rings (SSSR count). The molecule has 1 aromatic heterocycles. The largest absolute Gasteiger partial charge is 0.496 e. The van der Waals surface area contributed by atoms with Gasteiger partial charge in [-0.25, -0.2) is 0 Å². The van der Waals surface area contributed by atoms with Crippen LogP contribution in [0.2, 0.25) is 0 Å². The Hall–Kier alpha value is -3.39. The monoisotopic (exact) mass is 368 g/mol. The fraction of sp³-hybridized carbons (Fsp3) is 0.211. The van der Waals surface area contributed by atoms with Gasteiger partial charge in [0, 0.05) is 0 Å². The first-order chi connectivity index (χ1) is 13.3. The number of benzene rings is 2. The van der Waals surface area contributed by atoms with Gasteiger partial charge < -0.3 is 14.2 Å². The Bertz CT molecular complexity index is 867. The van der Waals surface area contributed by atoms with Gasteiger partial charge in [0.2, 0.25) is 5.95 Å². The Kier molecular flexibility index (Phi) is 6.37. The second-order valence-corrected chi connectivity index (χ2v) is 5.47. The number of hydrogen-bond acceptors (Lipinski definition) is 6. The maximum atomic E-state index is 11.9. The molecule has 2 N–H and O–H groups in total. The molecule has 0 radical (unpaired) electrons. The zero-order chi connectivity index (χ0) is 18.9. The summed E-state index contributed by atoms with van der Waals surface area (Å²) < 4.78 is 16.1. The summed E-state index contributed by atoms with van der Waals surface area (Å²) in [6, 6.07) is 16.8. The molecule has 27 heavy (non-hydrogen) atoms. The number of H-pyrrole nitrogens is 1. The van der Waals surface area contributed by atoms with Gasteiger partial charge in [0.05, 0.1) is 19.3 Å². The van der Waals surface area contributed by atoms with Gasteiger partial charge >= 0.3 is 0 Å². The average Bonchev–Trinajstić information content (AvgIpc) is 3.16. The first-order valence-electron chi connectivity index (χ1n) is 8.37. The Morgan fingerprint density at radius 1 is 1.07 bits per heavy atom. The lowest BCUT2D eigenvalue weighted by atomic mass is 10.2. The highest BCUT2D eigenvalue weighted by Gasteiger charge is 2.12. The molecule has 0 fully saturated rings. The maximum absolute atomic E-state index is 11.9. The number of methoxy groups -OCH3 is 1. The van der Waals surface area contributed by atoms with Crippen LogP contribution < -0.4 is 14.8 Å². The van der Waals surface area contributed by atoms with Crippen LogP contribution in [0.5, 0.6) is 11.5 Å². The molecule has 2 aromatic carbocycles. The summed E-state index contributed by atoms with van der Waals surface area (Å²) >= 11 is 0. The summed E-state index contributed by atoms with van der Waals surface area (Å²) in [5.41, 5.74) is 0.752. The second-order valence-electron chi connectivity index (χ2n) is 5.47. The van der Waals surface area contributed by atoms with Crippen LogP contribution in [0.4, 0.5) is 5.95 Å². The van der Waals surface area contributed by atoms with Crippen molar-refractivity contribution < 1.29 is 19.0 Å². The lowest BCUT2D eigenvalue weighted by Gasteiger charge is -2.06. The summed E-state index contributed by atoms with van der Waals surface area (Å²) in [7, 11) is 1.58. The molecule has 0 saturated heterocycles. The predicted octanol–water partition coefficient (Wildman–Crippen LogP) is 2.51. The van der Waals surface area contributed by atoms with E-state index in [1.165, 1.54) is 0 Å². The molecule has 0 aliphatic rings. The zero-order valence-corrected chi connectivity index (χ0v) is 14.8. The number of anilines is 1. The van der Waals surface area contributed by atoms with Gasteiger partial charge in [0.25, 0.3) is 5.91 Å². The molecule has 8 heteroatoms. The van der Waals surface area contributed by atoms with E-state index in [1.807, 2.05) is 54.6 Å². The molecule has 1 amide bonds. The number of nitrogens with one attached hydrogen (secondary N) is 2. The van der Waals surface area contributed by atoms with Crippen molar-refractivity contribution in [2.75, 3.05) is 32.2 Å². The summed E-state index contributed by atoms with van der Waals surface area (Å²) in [4.78, 5) is 16.2. The zero-order valence-electron chi connectivity index (χ0n) is 14.8. The highest BCUT2D eigenvalue weighted by Crippen LogP contribution is 2.26. The van der Waals surface area contributed by atoms with Crippen LogP contribution in [0.15, 0.2) is 54.6 Å². The lowest BCUT2D eigenvalue weighted by molar-refractivity contribution is -0.120. The van der Waals surface area contributed by atoms with Crippen LogP contribution in [0.3, 0.4) is 0 Å². The van der Waals surface area contributed by atoms with Crippen molar-refractivity contribution in [3.8, 4) is 22.9 Å². The molecular weight excluding hydrogens is 348 g/mol. The molecule has 0 saturated carbocycles. The third-order valence-electron chi connectivity index (χ3n) is 3.57. The van der Waals surface area contributed by atoms with Crippen molar-refractivity contribution >= 4 is 11.9 Å². The quantitative estimate of drug-likeness (QED) is 0.563. The third-order valence-corrected chi connectivity index (χ3v) is 3.57. The first-order valence-corrected chi connectivity index (χ1v) is 8.37. The minimum atomic E-state index is -0.347. The van der Waals surface area contributed by atoms with Crippen LogP contribution in [-0.4, -0.2) is 48.0 Å². The summed E-state index contributed by atoms with van der Waals surface area (Å²) in [5.74, 6) is 1.74. The molecule has 1 heterocycles. The molecule has 140 valence electrons. The maximum Gasteiger partial charge on any atom is 0.252 e. The van der Waals surface area contributed by atoms with E-state index in [0.29, 0.717) is 24.8 Å². The SMILES string of the molecule is COc1ccccc1-c1nc(NC(=O)COCCOc2ccccc2)n[nH]1. The number of carbonyl (C=O) groups excluding carboxylic acids is 1. The average molecular weight is 368 g/mol. The second kappa shape index (κ2) is 9.35. The van der Waals surface area contributed by atoms with Crippen LogP contribution in [0.25, 0.3) is 11.4 Å². The molecule has 0 spiro atoms. The van der Waals surface area contributed by atoms with E-state index in [2.05, 4.69) is 20.5 Å². The molecule has 0 aliphatic heterocycles. The number of carbonyl (C=O) groups is 1. The minimum absolute atomic E-state index is 0.114. The van der Waals surface area contributed by atoms with E-state index in [0.717, 1.165) is 11.3 Å². The number of nitrogens with zero attached hydrogens (tertiary/aromatic N) is 2. The number of amides is 1. The fourth-order valence-corrected chi connectivity index (χ4v) is 2.34. The van der Waals surface area contributed by atoms with E-state index in [-0.39, 0.29) is 18.5 Å². The van der Waals surface area contributed by atoms with E-state index in [4.69, 9.17) is 14.2 Å². The van der Waals surface area contributed by atoms with E-state index >= 15 is 0 Å². The molecule has 0 bridgehead atoms. The topological polar surface area (TPSA) is 98.4 Å². The Labute approximate surface area is 156 Å². The van der Waals surface area contributed by atoms with Crippen LogP contribution in [0, 0.1) is 0 Å². The van der Waals surface area contributed by atoms with Crippen molar-refractivity contribution in [1.29, 1.82) is 0 Å². The van der Waals surface area contributed by atoms with E-state index < -0.39 is 0 Å². The molecule has 0 unspecified atom stereocenters. The van der Waals surface area contributed by atoms with Crippen molar-refractivity contribution in [2.45, 2.75) is 0 Å². The number of aromatic amines is 1. The van der Waals surface area contributed by atoms with Crippen molar-refractivity contribution in [2.24, 2.45) is 0 Å². The van der Waals surface area contributed by atoms with Gasteiger partial charge in [-0.2, -0.15) is 4.98 Å². The fourth-order valence-electron chi connectivity index (χ4n) is 2.34. The highest BCUT2D eigenvalue weighted by atomic mass is 16.5. The van der Waals surface area contributed by atoms with Crippen LogP contribution >= 0.6 is 0 Å². The molecule has 8 nitrogen and oxygen atoms in total. The number of ether oxygens (including phenoxy) is 3. The molecule has 3 aromatic rings. The highest BCUT2D eigenvalue weighted by molar-refractivity contribution is 5.90. The van der Waals surface area contributed by atoms with Crippen molar-refractivity contribution in [3.05, 3.63) is 54.6 Å². The smallest absolute Gasteiger partial charge is 0.252 e.